The van der Waals surface area contributed by atoms with Crippen LogP contribution in [0.15, 0.2) is 5.10 Å². The molecule has 1 aliphatic rings. The highest BCUT2D eigenvalue weighted by Crippen LogP contribution is 2.01. The normalized spacial score (nSPS) is 21.6. The fraction of sp³-hybridized carbons (Fsp3) is 0.667. The van der Waals surface area contributed by atoms with E-state index in [4.69, 9.17) is 10.5 Å². The average Bonchev–Trinajstić information content (AvgIpc) is 2.03. The van der Waals surface area contributed by atoms with Gasteiger partial charge in [-0.1, -0.05) is 0 Å². The Hall–Kier alpha value is -1.10. The number of rotatable bonds is 1. The maximum Gasteiger partial charge on any atom is 0.332 e. The molecule has 0 spiro atoms. The second kappa shape index (κ2) is 3.92. The van der Waals surface area contributed by atoms with Crippen molar-refractivity contribution < 1.29 is 9.53 Å². The minimum Gasteiger partial charge on any atom is -0.375 e. The summed E-state index contributed by atoms with van der Waals surface area (Å²) in [7, 11) is 0. The Labute approximate surface area is 64.6 Å². The van der Waals surface area contributed by atoms with Crippen LogP contribution in [-0.2, 0) is 4.74 Å². The fourth-order valence-corrected chi connectivity index (χ4v) is 0.863. The third-order valence-electron chi connectivity index (χ3n) is 1.35. The van der Waals surface area contributed by atoms with Gasteiger partial charge >= 0.3 is 6.03 Å². The van der Waals surface area contributed by atoms with E-state index in [1.165, 1.54) is 0 Å². The molecule has 0 radical (unpaired) electrons. The fourth-order valence-electron chi connectivity index (χ4n) is 0.863. The standard InChI is InChI=1S/C6H11N3O2/c7-6(10)9-8-5-2-1-3-11-4-5/h1-4H2,(H3,7,9,10)/b8-5-. The van der Waals surface area contributed by atoms with Gasteiger partial charge in [0.05, 0.1) is 12.3 Å². The zero-order valence-corrected chi connectivity index (χ0v) is 6.17. The van der Waals surface area contributed by atoms with E-state index in [2.05, 4.69) is 10.5 Å². The number of primary amides is 1. The second-order valence-corrected chi connectivity index (χ2v) is 2.31. The van der Waals surface area contributed by atoms with Crippen LogP contribution < -0.4 is 11.2 Å². The van der Waals surface area contributed by atoms with Gasteiger partial charge in [-0.05, 0) is 12.8 Å². The van der Waals surface area contributed by atoms with Gasteiger partial charge in [0.1, 0.15) is 0 Å². The molecule has 5 heteroatoms. The van der Waals surface area contributed by atoms with Crippen LogP contribution in [0.5, 0.6) is 0 Å². The lowest BCUT2D eigenvalue weighted by Crippen LogP contribution is -2.28. The molecule has 0 aromatic heterocycles. The Kier molecular flexibility index (Phi) is 2.85. The number of nitrogens with one attached hydrogen (secondary N) is 1. The Morgan fingerprint density at radius 3 is 3.09 bits per heavy atom. The zero-order valence-electron chi connectivity index (χ0n) is 6.17. The summed E-state index contributed by atoms with van der Waals surface area (Å²) < 4.78 is 5.09. The van der Waals surface area contributed by atoms with Crippen LogP contribution in [0.1, 0.15) is 12.8 Å². The Bertz CT molecular complexity index is 171. The van der Waals surface area contributed by atoms with E-state index < -0.39 is 6.03 Å². The number of hydrogen-bond donors (Lipinski definition) is 2. The molecule has 5 nitrogen and oxygen atoms in total. The third-order valence-corrected chi connectivity index (χ3v) is 1.35. The van der Waals surface area contributed by atoms with Gasteiger partial charge in [-0.3, -0.25) is 0 Å². The summed E-state index contributed by atoms with van der Waals surface area (Å²) in [6.45, 7) is 1.27. The SMILES string of the molecule is NC(=O)N/N=C1/CCCOC1. The summed E-state index contributed by atoms with van der Waals surface area (Å²) in [5.41, 5.74) is 7.82. The number of carbonyl (C=O) groups excluding carboxylic acids is 1. The lowest BCUT2D eigenvalue weighted by Gasteiger charge is -2.12. The molecule has 1 heterocycles. The molecule has 0 unspecified atom stereocenters. The van der Waals surface area contributed by atoms with Crippen LogP contribution in [0.3, 0.4) is 0 Å². The summed E-state index contributed by atoms with van der Waals surface area (Å²) in [6, 6.07) is -0.636. The maximum absolute atomic E-state index is 10.2. The molecule has 2 amide bonds. The maximum atomic E-state index is 10.2. The Morgan fingerprint density at radius 1 is 1.73 bits per heavy atom. The van der Waals surface area contributed by atoms with Crippen molar-refractivity contribution in [2.45, 2.75) is 12.8 Å². The predicted molar refractivity (Wildman–Crippen MR) is 40.2 cm³/mol. The van der Waals surface area contributed by atoms with Crippen molar-refractivity contribution in [2.24, 2.45) is 10.8 Å². The molecule has 0 aromatic carbocycles. The van der Waals surface area contributed by atoms with Crippen molar-refractivity contribution in [3.8, 4) is 0 Å². The van der Waals surface area contributed by atoms with E-state index in [0.29, 0.717) is 6.61 Å². The zero-order chi connectivity index (χ0) is 8.10. The van der Waals surface area contributed by atoms with Gasteiger partial charge in [0.25, 0.3) is 0 Å². The van der Waals surface area contributed by atoms with Gasteiger partial charge in [-0.15, -0.1) is 0 Å². The molecule has 0 aliphatic carbocycles. The number of hydrazone groups is 1. The van der Waals surface area contributed by atoms with Gasteiger partial charge in [-0.2, -0.15) is 5.10 Å². The molecule has 0 aromatic rings. The highest BCUT2D eigenvalue weighted by atomic mass is 16.5. The summed E-state index contributed by atoms with van der Waals surface area (Å²) in [5.74, 6) is 0. The van der Waals surface area contributed by atoms with Crippen LogP contribution in [-0.4, -0.2) is 25.0 Å². The molecule has 1 rings (SSSR count). The Balaban J connectivity index is 2.32. The van der Waals surface area contributed by atoms with Gasteiger partial charge in [0.15, 0.2) is 0 Å². The number of nitrogens with two attached hydrogens (primary N) is 1. The summed E-state index contributed by atoms with van der Waals surface area (Å²) in [4.78, 5) is 10.2. The number of amides is 2. The molecule has 62 valence electrons. The first-order chi connectivity index (χ1) is 5.29. The number of carbonyl (C=O) groups is 1. The van der Waals surface area contributed by atoms with Crippen molar-refractivity contribution in [3.63, 3.8) is 0 Å². The average molecular weight is 157 g/mol. The lowest BCUT2D eigenvalue weighted by molar-refractivity contribution is 0.154. The smallest absolute Gasteiger partial charge is 0.332 e. The highest BCUT2D eigenvalue weighted by Gasteiger charge is 2.06. The van der Waals surface area contributed by atoms with Crippen molar-refractivity contribution in [2.75, 3.05) is 13.2 Å². The molecule has 1 fully saturated rings. The molecule has 11 heavy (non-hydrogen) atoms. The van der Waals surface area contributed by atoms with E-state index in [-0.39, 0.29) is 0 Å². The van der Waals surface area contributed by atoms with Gasteiger partial charge in [0, 0.05) is 6.61 Å². The quantitative estimate of drug-likeness (QED) is 0.518. The second-order valence-electron chi connectivity index (χ2n) is 2.31. The van der Waals surface area contributed by atoms with E-state index in [1.54, 1.807) is 0 Å². The largest absolute Gasteiger partial charge is 0.375 e. The first-order valence-electron chi connectivity index (χ1n) is 3.47. The minimum atomic E-state index is -0.636. The van der Waals surface area contributed by atoms with E-state index in [0.717, 1.165) is 25.2 Å². The topological polar surface area (TPSA) is 76.7 Å². The van der Waals surface area contributed by atoms with Gasteiger partial charge in [0.2, 0.25) is 0 Å². The molecular formula is C6H11N3O2. The molecule has 0 saturated carbocycles. The minimum absolute atomic E-state index is 0.500. The number of nitrogens with zero attached hydrogens (tertiary/aromatic N) is 1. The summed E-state index contributed by atoms with van der Waals surface area (Å²) >= 11 is 0. The van der Waals surface area contributed by atoms with Crippen molar-refractivity contribution >= 4 is 11.7 Å². The van der Waals surface area contributed by atoms with Crippen LogP contribution in [0.2, 0.25) is 0 Å². The van der Waals surface area contributed by atoms with Crippen molar-refractivity contribution in [3.05, 3.63) is 0 Å². The first-order valence-corrected chi connectivity index (χ1v) is 3.47. The van der Waals surface area contributed by atoms with Crippen LogP contribution >= 0.6 is 0 Å². The van der Waals surface area contributed by atoms with E-state index >= 15 is 0 Å². The van der Waals surface area contributed by atoms with Crippen LogP contribution in [0.4, 0.5) is 4.79 Å². The highest BCUT2D eigenvalue weighted by molar-refractivity contribution is 5.87. The predicted octanol–water partition coefficient (Wildman–Crippen LogP) is -0.179. The number of ether oxygens (including phenoxy) is 1. The van der Waals surface area contributed by atoms with Crippen LogP contribution in [0, 0.1) is 0 Å². The summed E-state index contributed by atoms with van der Waals surface area (Å²) in [6.07, 6.45) is 1.83. The van der Waals surface area contributed by atoms with Gasteiger partial charge in [-0.25, -0.2) is 10.2 Å². The van der Waals surface area contributed by atoms with E-state index in [1.807, 2.05) is 0 Å². The number of urea groups is 1. The lowest BCUT2D eigenvalue weighted by atomic mass is 10.2. The third kappa shape index (κ3) is 2.99. The van der Waals surface area contributed by atoms with Crippen LogP contribution in [0.25, 0.3) is 0 Å². The monoisotopic (exact) mass is 157 g/mol. The Morgan fingerprint density at radius 2 is 2.55 bits per heavy atom. The summed E-state index contributed by atoms with van der Waals surface area (Å²) in [5, 5.41) is 3.75. The van der Waals surface area contributed by atoms with E-state index in [9.17, 15) is 4.79 Å². The molecule has 3 N–H and O–H groups in total. The molecule has 1 aliphatic heterocycles. The first kappa shape index (κ1) is 8.00. The molecule has 0 atom stereocenters. The molecule has 1 saturated heterocycles. The van der Waals surface area contributed by atoms with Crippen molar-refractivity contribution in [1.29, 1.82) is 0 Å². The molecular weight excluding hydrogens is 146 g/mol. The number of hydrogen-bond acceptors (Lipinski definition) is 3. The molecule has 0 bridgehead atoms. The van der Waals surface area contributed by atoms with Crippen molar-refractivity contribution in [1.82, 2.24) is 5.43 Å². The van der Waals surface area contributed by atoms with Gasteiger partial charge < -0.3 is 10.5 Å².